The van der Waals surface area contributed by atoms with Crippen LogP contribution in [0.1, 0.15) is 37.1 Å². The van der Waals surface area contributed by atoms with Gasteiger partial charge in [0.15, 0.2) is 11.6 Å². The van der Waals surface area contributed by atoms with Crippen molar-refractivity contribution in [1.29, 1.82) is 0 Å². The molecule has 33 heavy (non-hydrogen) atoms. The van der Waals surface area contributed by atoms with E-state index in [1.807, 2.05) is 30.3 Å². The number of rotatable bonds is 7. The molecule has 4 aromatic rings. The van der Waals surface area contributed by atoms with Crippen molar-refractivity contribution in [3.8, 4) is 22.6 Å². The van der Waals surface area contributed by atoms with Gasteiger partial charge >= 0.3 is 0 Å². The predicted molar refractivity (Wildman–Crippen MR) is 136 cm³/mol. The van der Waals surface area contributed by atoms with Crippen LogP contribution in [0.25, 0.3) is 21.9 Å². The summed E-state index contributed by atoms with van der Waals surface area (Å²) in [5.41, 5.74) is 4.14. The Morgan fingerprint density at radius 3 is 2.24 bits per heavy atom. The van der Waals surface area contributed by atoms with Crippen LogP contribution in [0.5, 0.6) is 11.5 Å². The first kappa shape index (κ1) is 24.6. The van der Waals surface area contributed by atoms with Gasteiger partial charge in [-0.1, -0.05) is 42.5 Å². The van der Waals surface area contributed by atoms with E-state index in [2.05, 4.69) is 55.6 Å². The molecular formula is C28H29ClFNO2. The van der Waals surface area contributed by atoms with Crippen molar-refractivity contribution in [2.45, 2.75) is 25.9 Å². The molecule has 0 aliphatic rings. The first-order chi connectivity index (χ1) is 15.5. The van der Waals surface area contributed by atoms with Gasteiger partial charge in [-0.15, -0.1) is 12.4 Å². The molecule has 0 aliphatic heterocycles. The predicted octanol–water partition coefficient (Wildman–Crippen LogP) is 7.50. The van der Waals surface area contributed by atoms with Crippen LogP contribution in [-0.2, 0) is 0 Å². The molecule has 172 valence electrons. The summed E-state index contributed by atoms with van der Waals surface area (Å²) >= 11 is 0. The third kappa shape index (κ3) is 5.29. The zero-order chi connectivity index (χ0) is 22.7. The topological polar surface area (TPSA) is 30.5 Å². The van der Waals surface area contributed by atoms with Crippen LogP contribution in [-0.4, -0.2) is 14.2 Å². The molecule has 4 rings (SSSR count). The number of ether oxygens (including phenoxy) is 2. The summed E-state index contributed by atoms with van der Waals surface area (Å²) in [4.78, 5) is 0. The third-order valence-electron chi connectivity index (χ3n) is 5.94. The van der Waals surface area contributed by atoms with Crippen LogP contribution in [0.4, 0.5) is 4.39 Å². The van der Waals surface area contributed by atoms with Crippen LogP contribution in [0, 0.1) is 5.82 Å². The van der Waals surface area contributed by atoms with Gasteiger partial charge in [0.2, 0.25) is 0 Å². The molecule has 0 amide bonds. The molecule has 2 atom stereocenters. The van der Waals surface area contributed by atoms with E-state index >= 15 is 0 Å². The van der Waals surface area contributed by atoms with Crippen LogP contribution >= 0.6 is 12.4 Å². The van der Waals surface area contributed by atoms with Crippen LogP contribution in [0.3, 0.4) is 0 Å². The van der Waals surface area contributed by atoms with Gasteiger partial charge in [0, 0.05) is 12.1 Å². The number of methoxy groups -OCH3 is 2. The van der Waals surface area contributed by atoms with E-state index in [1.54, 1.807) is 19.2 Å². The lowest BCUT2D eigenvalue weighted by Crippen LogP contribution is -2.22. The SMILES string of the molecule is COc1cccc([C@@H](C)NC(C)c2cc(-c3ccc(OC)c(F)c3)c3ccccc3c2)c1.Cl. The van der Waals surface area contributed by atoms with Crippen molar-refractivity contribution >= 4 is 23.2 Å². The largest absolute Gasteiger partial charge is 0.497 e. The lowest BCUT2D eigenvalue weighted by Gasteiger charge is -2.22. The number of benzene rings is 4. The summed E-state index contributed by atoms with van der Waals surface area (Å²) in [5, 5.41) is 5.90. The summed E-state index contributed by atoms with van der Waals surface area (Å²) in [6, 6.07) is 26.0. The molecule has 0 fully saturated rings. The Kier molecular flexibility index (Phi) is 7.96. The smallest absolute Gasteiger partial charge is 0.165 e. The quantitative estimate of drug-likeness (QED) is 0.306. The lowest BCUT2D eigenvalue weighted by molar-refractivity contribution is 0.386. The standard InChI is InChI=1S/C28H28FNO2.ClH/c1-18(20-9-7-10-24(15-20)31-3)30-19(2)23-14-21-8-5-6-11-25(21)26(16-23)22-12-13-28(32-4)27(29)17-22;/h5-19,30H,1-4H3;1H/t18-,19?;/m1./s1. The molecule has 0 saturated carbocycles. The van der Waals surface area contributed by atoms with Gasteiger partial charge in [0.25, 0.3) is 0 Å². The maximum atomic E-state index is 14.5. The van der Waals surface area contributed by atoms with E-state index in [9.17, 15) is 4.39 Å². The normalized spacial score (nSPS) is 12.6. The van der Waals surface area contributed by atoms with E-state index in [0.717, 1.165) is 38.8 Å². The molecule has 3 nitrogen and oxygen atoms in total. The Morgan fingerprint density at radius 1 is 0.758 bits per heavy atom. The molecule has 0 aromatic heterocycles. The Labute approximate surface area is 201 Å². The highest BCUT2D eigenvalue weighted by Gasteiger charge is 2.15. The minimum atomic E-state index is -0.364. The summed E-state index contributed by atoms with van der Waals surface area (Å²) in [5.74, 6) is 0.729. The molecule has 0 heterocycles. The molecule has 5 heteroatoms. The fourth-order valence-corrected chi connectivity index (χ4v) is 4.13. The first-order valence-corrected chi connectivity index (χ1v) is 10.8. The van der Waals surface area contributed by atoms with Crippen molar-refractivity contribution < 1.29 is 13.9 Å². The Hall–Kier alpha value is -3.08. The number of fused-ring (bicyclic) bond motifs is 1. The maximum absolute atomic E-state index is 14.5. The molecule has 0 saturated heterocycles. The van der Waals surface area contributed by atoms with Crippen LogP contribution in [0.2, 0.25) is 0 Å². The van der Waals surface area contributed by atoms with Crippen molar-refractivity contribution in [1.82, 2.24) is 5.32 Å². The van der Waals surface area contributed by atoms with Gasteiger partial charge in [0.1, 0.15) is 5.75 Å². The Bertz CT molecular complexity index is 1240. The second-order valence-electron chi connectivity index (χ2n) is 8.03. The number of hydrogen-bond donors (Lipinski definition) is 1. The van der Waals surface area contributed by atoms with Crippen LogP contribution in [0.15, 0.2) is 78.9 Å². The van der Waals surface area contributed by atoms with Gasteiger partial charge in [-0.05, 0) is 83.3 Å². The molecule has 1 N–H and O–H groups in total. The van der Waals surface area contributed by atoms with Gasteiger partial charge in [-0.25, -0.2) is 4.39 Å². The van der Waals surface area contributed by atoms with Gasteiger partial charge in [0.05, 0.1) is 14.2 Å². The van der Waals surface area contributed by atoms with Crippen molar-refractivity contribution in [2.24, 2.45) is 0 Å². The number of nitrogens with one attached hydrogen (secondary N) is 1. The number of hydrogen-bond acceptors (Lipinski definition) is 3. The average molecular weight is 466 g/mol. The Balaban J connectivity index is 0.00000306. The Morgan fingerprint density at radius 2 is 1.52 bits per heavy atom. The van der Waals surface area contributed by atoms with E-state index < -0.39 is 0 Å². The van der Waals surface area contributed by atoms with Gasteiger partial charge in [-0.3, -0.25) is 0 Å². The highest BCUT2D eigenvalue weighted by atomic mass is 35.5. The highest BCUT2D eigenvalue weighted by Crippen LogP contribution is 2.34. The molecule has 1 unspecified atom stereocenters. The summed E-state index contributed by atoms with van der Waals surface area (Å²) < 4.78 is 24.9. The van der Waals surface area contributed by atoms with Gasteiger partial charge in [-0.2, -0.15) is 0 Å². The van der Waals surface area contributed by atoms with E-state index in [4.69, 9.17) is 9.47 Å². The second kappa shape index (κ2) is 10.7. The first-order valence-electron chi connectivity index (χ1n) is 10.8. The van der Waals surface area contributed by atoms with Crippen molar-refractivity contribution in [3.05, 3.63) is 95.8 Å². The third-order valence-corrected chi connectivity index (χ3v) is 5.94. The number of halogens is 2. The molecular weight excluding hydrogens is 437 g/mol. The lowest BCUT2D eigenvalue weighted by atomic mass is 9.93. The fraction of sp³-hybridized carbons (Fsp3) is 0.214. The second-order valence-corrected chi connectivity index (χ2v) is 8.03. The zero-order valence-corrected chi connectivity index (χ0v) is 20.1. The molecule has 0 radical (unpaired) electrons. The minimum absolute atomic E-state index is 0. The molecule has 0 spiro atoms. The fourth-order valence-electron chi connectivity index (χ4n) is 4.13. The minimum Gasteiger partial charge on any atom is -0.497 e. The summed E-state index contributed by atoms with van der Waals surface area (Å²) in [6.07, 6.45) is 0. The average Bonchev–Trinajstić information content (AvgIpc) is 2.83. The summed E-state index contributed by atoms with van der Waals surface area (Å²) in [6.45, 7) is 4.30. The molecule has 0 bridgehead atoms. The van der Waals surface area contributed by atoms with Crippen molar-refractivity contribution in [3.63, 3.8) is 0 Å². The van der Waals surface area contributed by atoms with E-state index in [-0.39, 0.29) is 36.1 Å². The highest BCUT2D eigenvalue weighted by molar-refractivity contribution is 5.97. The molecule has 4 aromatic carbocycles. The molecule has 0 aliphatic carbocycles. The summed E-state index contributed by atoms with van der Waals surface area (Å²) in [7, 11) is 3.16. The monoisotopic (exact) mass is 465 g/mol. The van der Waals surface area contributed by atoms with Crippen molar-refractivity contribution in [2.75, 3.05) is 14.2 Å². The van der Waals surface area contributed by atoms with Crippen LogP contribution < -0.4 is 14.8 Å². The van der Waals surface area contributed by atoms with Gasteiger partial charge < -0.3 is 14.8 Å². The zero-order valence-electron chi connectivity index (χ0n) is 19.3. The van der Waals surface area contributed by atoms with E-state index in [0.29, 0.717) is 0 Å². The van der Waals surface area contributed by atoms with E-state index in [1.165, 1.54) is 7.11 Å². The maximum Gasteiger partial charge on any atom is 0.165 e.